The standard InChI is InChI=1S/C33H29N5O11S/c1-15-23(34)9-7-20-26(21-8-10-24(35)29(50(45,46)47)28(21)48-27(15)20)18-5-3-16(13-22(18)32(42)43)30(40)37-11-2-12-38-31(41)17-4-6-19(25(39)14-17)33(44)49-36/h3-10,13-14,34,39H,2,11-12,35-36H2,1H3,(H,37,40)(H,38,41)(H,42,43)(H,45,46,47). The van der Waals surface area contributed by atoms with Crippen molar-refractivity contribution in [1.82, 2.24) is 10.6 Å². The number of benzene rings is 4. The molecule has 0 fully saturated rings. The number of hydrogen-bond acceptors (Lipinski definition) is 12. The highest BCUT2D eigenvalue weighted by Gasteiger charge is 2.28. The van der Waals surface area contributed by atoms with Crippen molar-refractivity contribution in [3.05, 3.63) is 93.8 Å². The van der Waals surface area contributed by atoms with Crippen molar-refractivity contribution in [2.45, 2.75) is 18.2 Å². The van der Waals surface area contributed by atoms with Gasteiger partial charge in [-0.2, -0.15) is 14.3 Å². The van der Waals surface area contributed by atoms with Crippen LogP contribution in [0.5, 0.6) is 5.75 Å². The first-order valence-electron chi connectivity index (χ1n) is 14.6. The third kappa shape index (κ3) is 6.68. The molecule has 1 heterocycles. The van der Waals surface area contributed by atoms with Gasteiger partial charge in [-0.1, -0.05) is 6.07 Å². The molecule has 1 aliphatic heterocycles. The van der Waals surface area contributed by atoms with Crippen molar-refractivity contribution in [2.24, 2.45) is 5.90 Å². The minimum absolute atomic E-state index is 0.0107. The second-order valence-corrected chi connectivity index (χ2v) is 12.4. The number of aromatic hydroxyl groups is 1. The summed E-state index contributed by atoms with van der Waals surface area (Å²) in [5, 5.41) is 33.8. The molecule has 50 heavy (non-hydrogen) atoms. The molecule has 0 aromatic heterocycles. The molecule has 0 radical (unpaired) electrons. The number of nitrogens with one attached hydrogen (secondary N) is 3. The Bertz CT molecular complexity index is 2370. The number of carbonyl (C=O) groups excluding carboxylic acids is 3. The first-order chi connectivity index (χ1) is 23.6. The molecule has 16 nitrogen and oxygen atoms in total. The van der Waals surface area contributed by atoms with Crippen LogP contribution >= 0.6 is 0 Å². The summed E-state index contributed by atoms with van der Waals surface area (Å²) in [6.45, 7) is 1.76. The Kier molecular flexibility index (Phi) is 9.57. The summed E-state index contributed by atoms with van der Waals surface area (Å²) < 4.78 is 40.7. The zero-order chi connectivity index (χ0) is 36.5. The smallest absolute Gasteiger partial charge is 0.360 e. The van der Waals surface area contributed by atoms with Gasteiger partial charge in [0.2, 0.25) is 0 Å². The molecule has 17 heteroatoms. The van der Waals surface area contributed by atoms with E-state index in [2.05, 4.69) is 15.5 Å². The molecule has 3 aromatic rings. The van der Waals surface area contributed by atoms with Crippen molar-refractivity contribution in [2.75, 3.05) is 18.8 Å². The zero-order valence-electron chi connectivity index (χ0n) is 26.1. The monoisotopic (exact) mass is 703 g/mol. The number of amides is 2. The minimum Gasteiger partial charge on any atom is -0.507 e. The molecular weight excluding hydrogens is 674 g/mol. The molecule has 0 atom stereocenters. The molecule has 10 N–H and O–H groups in total. The highest BCUT2D eigenvalue weighted by atomic mass is 32.2. The fourth-order valence-corrected chi connectivity index (χ4v) is 6.14. The lowest BCUT2D eigenvalue weighted by atomic mass is 9.88. The minimum atomic E-state index is -4.92. The average molecular weight is 704 g/mol. The van der Waals surface area contributed by atoms with E-state index in [4.69, 9.17) is 21.5 Å². The lowest BCUT2D eigenvalue weighted by Gasteiger charge is -2.20. The lowest BCUT2D eigenvalue weighted by Crippen LogP contribution is -2.30. The normalized spacial score (nSPS) is 11.3. The summed E-state index contributed by atoms with van der Waals surface area (Å²) in [4.78, 5) is 52.9. The Balaban J connectivity index is 1.40. The Morgan fingerprint density at radius 2 is 1.52 bits per heavy atom. The summed E-state index contributed by atoms with van der Waals surface area (Å²) in [6, 6.07) is 13.1. The average Bonchev–Trinajstić information content (AvgIpc) is 3.07. The number of phenols is 1. The number of rotatable bonds is 10. The molecule has 2 amide bonds. The van der Waals surface area contributed by atoms with Crippen molar-refractivity contribution >= 4 is 50.5 Å². The van der Waals surface area contributed by atoms with Crippen LogP contribution in [-0.2, 0) is 15.0 Å². The maximum atomic E-state index is 13.0. The highest BCUT2D eigenvalue weighted by molar-refractivity contribution is 7.86. The van der Waals surface area contributed by atoms with Crippen LogP contribution in [-0.4, -0.2) is 60.0 Å². The fourth-order valence-electron chi connectivity index (χ4n) is 5.39. The summed E-state index contributed by atoms with van der Waals surface area (Å²) >= 11 is 0. The van der Waals surface area contributed by atoms with Crippen LogP contribution in [0.15, 0.2) is 70.0 Å². The van der Waals surface area contributed by atoms with E-state index >= 15 is 0 Å². The number of fused-ring (bicyclic) bond motifs is 2. The molecule has 0 unspecified atom stereocenters. The van der Waals surface area contributed by atoms with Gasteiger partial charge in [0.25, 0.3) is 21.9 Å². The van der Waals surface area contributed by atoms with E-state index in [9.17, 15) is 42.4 Å². The van der Waals surface area contributed by atoms with E-state index in [1.807, 2.05) is 0 Å². The number of nitrogens with two attached hydrogens (primary N) is 2. The number of nitrogen functional groups attached to an aromatic ring is 1. The summed E-state index contributed by atoms with van der Waals surface area (Å²) in [5.74, 6) is 0.806. The number of phenolic OH excluding ortho intramolecular Hbond substituents is 1. The summed E-state index contributed by atoms with van der Waals surface area (Å²) in [6.07, 6.45) is 0.271. The van der Waals surface area contributed by atoms with E-state index in [1.165, 1.54) is 48.5 Å². The van der Waals surface area contributed by atoms with Crippen LogP contribution in [0.4, 0.5) is 5.69 Å². The van der Waals surface area contributed by atoms with E-state index in [0.29, 0.717) is 11.1 Å². The molecule has 0 saturated carbocycles. The number of carboxylic acids is 1. The molecule has 5 rings (SSSR count). The number of hydrogen-bond donors (Lipinski definition) is 8. The van der Waals surface area contributed by atoms with Crippen molar-refractivity contribution in [1.29, 1.82) is 5.41 Å². The van der Waals surface area contributed by atoms with E-state index < -0.39 is 44.5 Å². The van der Waals surface area contributed by atoms with Crippen LogP contribution in [0.2, 0.25) is 0 Å². The lowest BCUT2D eigenvalue weighted by molar-refractivity contribution is 0.0499. The molecule has 1 aliphatic carbocycles. The van der Waals surface area contributed by atoms with Crippen LogP contribution in [0.3, 0.4) is 0 Å². The van der Waals surface area contributed by atoms with Crippen LogP contribution in [0.25, 0.3) is 33.4 Å². The Hall–Kier alpha value is -6.30. The number of aromatic carboxylic acids is 1. The largest absolute Gasteiger partial charge is 0.507 e. The second-order valence-electron chi connectivity index (χ2n) is 11.0. The van der Waals surface area contributed by atoms with Gasteiger partial charge in [-0.25, -0.2) is 9.59 Å². The predicted molar refractivity (Wildman–Crippen MR) is 177 cm³/mol. The molecule has 0 saturated heterocycles. The highest BCUT2D eigenvalue weighted by Crippen LogP contribution is 2.45. The van der Waals surface area contributed by atoms with Gasteiger partial charge >= 0.3 is 11.9 Å². The van der Waals surface area contributed by atoms with Gasteiger partial charge in [-0.15, -0.1) is 0 Å². The van der Waals surface area contributed by atoms with Gasteiger partial charge < -0.3 is 41.2 Å². The van der Waals surface area contributed by atoms with E-state index in [-0.39, 0.29) is 80.7 Å². The Labute approximate surface area is 282 Å². The van der Waals surface area contributed by atoms with Crippen LogP contribution in [0, 0.1) is 12.3 Å². The molecule has 2 aliphatic rings. The molecule has 0 spiro atoms. The van der Waals surface area contributed by atoms with Gasteiger partial charge in [0.1, 0.15) is 17.1 Å². The zero-order valence-corrected chi connectivity index (χ0v) is 26.9. The van der Waals surface area contributed by atoms with E-state index in [0.717, 1.165) is 12.1 Å². The first kappa shape index (κ1) is 35.0. The Morgan fingerprint density at radius 3 is 2.12 bits per heavy atom. The van der Waals surface area contributed by atoms with Gasteiger partial charge in [-0.3, -0.25) is 14.1 Å². The predicted octanol–water partition coefficient (Wildman–Crippen LogP) is 2.81. The van der Waals surface area contributed by atoms with Gasteiger partial charge in [-0.05, 0) is 73.5 Å². The molecule has 258 valence electrons. The van der Waals surface area contributed by atoms with E-state index in [1.54, 1.807) is 6.92 Å². The number of carbonyl (C=O) groups is 4. The maximum absolute atomic E-state index is 13.0. The Morgan fingerprint density at radius 1 is 0.900 bits per heavy atom. The summed E-state index contributed by atoms with van der Waals surface area (Å²) in [7, 11) is -4.92. The summed E-state index contributed by atoms with van der Waals surface area (Å²) in [5.41, 5.74) is 5.69. The number of anilines is 1. The van der Waals surface area contributed by atoms with Crippen molar-refractivity contribution in [3.63, 3.8) is 0 Å². The maximum Gasteiger partial charge on any atom is 0.360 e. The second kappa shape index (κ2) is 13.7. The van der Waals surface area contributed by atoms with Crippen molar-refractivity contribution < 1.29 is 51.6 Å². The van der Waals surface area contributed by atoms with Gasteiger partial charge in [0.15, 0.2) is 10.5 Å². The topological polar surface area (TPSA) is 285 Å². The van der Waals surface area contributed by atoms with Crippen LogP contribution in [0.1, 0.15) is 53.4 Å². The SMILES string of the molecule is Cc1c2oc3c(S(=O)(=O)O)c(N)ccc3c(-c3ccc(C(=O)NCCCNC(=O)c4ccc(C(=O)ON)c(O)c4)cc3C(=O)O)c-2ccc1=N. The molecule has 3 aromatic carbocycles. The molecular formula is C33H29N5O11S. The van der Waals surface area contributed by atoms with Gasteiger partial charge in [0, 0.05) is 46.3 Å². The number of carboxylic acid groups (broad SMARTS) is 1. The molecule has 0 bridgehead atoms. The van der Waals surface area contributed by atoms with Crippen LogP contribution < -0.4 is 27.6 Å². The third-order valence-corrected chi connectivity index (χ3v) is 8.78. The quantitative estimate of drug-likeness (QED) is 0.0342. The third-order valence-electron chi connectivity index (χ3n) is 7.84. The fraction of sp³-hybridized carbons (Fsp3) is 0.121. The first-order valence-corrected chi connectivity index (χ1v) is 16.1. The van der Waals surface area contributed by atoms with Crippen molar-refractivity contribution in [3.8, 4) is 28.2 Å². The van der Waals surface area contributed by atoms with Gasteiger partial charge in [0.05, 0.1) is 16.6 Å².